The van der Waals surface area contributed by atoms with Crippen molar-refractivity contribution in [3.63, 3.8) is 0 Å². The van der Waals surface area contributed by atoms with Gasteiger partial charge in [-0.1, -0.05) is 0 Å². The van der Waals surface area contributed by atoms with E-state index in [-0.39, 0.29) is 27.3 Å². The average Bonchev–Trinajstić information content (AvgIpc) is 3.00. The molecular weight excluding hydrogens is 324 g/mol. The van der Waals surface area contributed by atoms with Gasteiger partial charge in [0.05, 0.1) is 0 Å². The largest absolute Gasteiger partial charge is 0.443 e. The van der Waals surface area contributed by atoms with Crippen LogP contribution in [0.5, 0.6) is 0 Å². The molecule has 2 N–H and O–H groups in total. The van der Waals surface area contributed by atoms with E-state index in [1.807, 2.05) is 6.92 Å². The number of rotatable bonds is 4. The summed E-state index contributed by atoms with van der Waals surface area (Å²) in [5, 5.41) is 5.01. The van der Waals surface area contributed by atoms with Crippen LogP contribution in [-0.2, 0) is 10.0 Å². The van der Waals surface area contributed by atoms with Crippen LogP contribution in [0.3, 0.4) is 0 Å². The molecule has 18 heavy (non-hydrogen) atoms. The zero-order chi connectivity index (χ0) is 13.5. The van der Waals surface area contributed by atoms with Gasteiger partial charge in [-0.15, -0.1) is 0 Å². The van der Waals surface area contributed by atoms with Gasteiger partial charge in [0, 0.05) is 18.7 Å². The molecule has 0 bridgehead atoms. The van der Waals surface area contributed by atoms with Crippen molar-refractivity contribution in [2.24, 2.45) is 5.14 Å². The van der Waals surface area contributed by atoms with Gasteiger partial charge in [0.2, 0.25) is 10.0 Å². The fourth-order valence-electron chi connectivity index (χ4n) is 1.75. The molecule has 1 amide bonds. The van der Waals surface area contributed by atoms with Gasteiger partial charge in [-0.3, -0.25) is 4.79 Å². The second kappa shape index (κ2) is 4.67. The number of hydrogen-bond acceptors (Lipinski definition) is 4. The van der Waals surface area contributed by atoms with E-state index in [1.165, 1.54) is 0 Å². The summed E-state index contributed by atoms with van der Waals surface area (Å²) in [6, 6.07) is 1.40. The molecule has 0 aliphatic heterocycles. The Kier molecular flexibility index (Phi) is 3.52. The molecule has 1 fully saturated rings. The number of sulfonamides is 1. The number of carbonyl (C=O) groups is 1. The highest BCUT2D eigenvalue weighted by Crippen LogP contribution is 2.30. The minimum atomic E-state index is -3.89. The number of halogens is 1. The summed E-state index contributed by atoms with van der Waals surface area (Å²) in [7, 11) is -3.89. The third-order valence-corrected chi connectivity index (χ3v) is 4.53. The van der Waals surface area contributed by atoms with Gasteiger partial charge in [0.1, 0.15) is 4.90 Å². The summed E-state index contributed by atoms with van der Waals surface area (Å²) in [5.74, 6) is -0.324. The molecule has 1 aliphatic rings. The van der Waals surface area contributed by atoms with Crippen LogP contribution in [0.4, 0.5) is 0 Å². The third kappa shape index (κ3) is 2.60. The van der Waals surface area contributed by atoms with E-state index >= 15 is 0 Å². The van der Waals surface area contributed by atoms with Gasteiger partial charge in [-0.2, -0.15) is 0 Å². The number of nitrogens with two attached hydrogens (primary N) is 1. The first-order chi connectivity index (χ1) is 8.34. The molecule has 2 rings (SSSR count). The predicted molar refractivity (Wildman–Crippen MR) is 67.5 cm³/mol. The molecule has 0 radical (unpaired) electrons. The van der Waals surface area contributed by atoms with Crippen molar-refractivity contribution in [3.8, 4) is 0 Å². The first-order valence-electron chi connectivity index (χ1n) is 5.47. The maximum absolute atomic E-state index is 12.1. The molecule has 6 nitrogen and oxygen atoms in total. The van der Waals surface area contributed by atoms with Crippen LogP contribution in [0.25, 0.3) is 0 Å². The van der Waals surface area contributed by atoms with Gasteiger partial charge in [0.25, 0.3) is 5.91 Å². The van der Waals surface area contributed by atoms with Crippen LogP contribution in [-0.4, -0.2) is 31.8 Å². The summed E-state index contributed by atoms with van der Waals surface area (Å²) in [4.78, 5) is 13.6. The third-order valence-electron chi connectivity index (χ3n) is 2.76. The Morgan fingerprint density at radius 3 is 2.61 bits per heavy atom. The van der Waals surface area contributed by atoms with Crippen molar-refractivity contribution in [1.29, 1.82) is 0 Å². The molecule has 1 aliphatic carbocycles. The van der Waals surface area contributed by atoms with Crippen LogP contribution in [0.2, 0.25) is 0 Å². The van der Waals surface area contributed by atoms with E-state index in [0.29, 0.717) is 6.54 Å². The fourth-order valence-corrected chi connectivity index (χ4v) is 3.25. The topological polar surface area (TPSA) is 93.6 Å². The van der Waals surface area contributed by atoms with Gasteiger partial charge >= 0.3 is 0 Å². The van der Waals surface area contributed by atoms with Crippen molar-refractivity contribution in [1.82, 2.24) is 4.90 Å². The van der Waals surface area contributed by atoms with Crippen molar-refractivity contribution in [2.45, 2.75) is 30.7 Å². The highest BCUT2D eigenvalue weighted by molar-refractivity contribution is 9.10. The smallest absolute Gasteiger partial charge is 0.289 e. The fraction of sp³-hybridized carbons (Fsp3) is 0.500. The molecule has 8 heteroatoms. The first-order valence-corrected chi connectivity index (χ1v) is 7.81. The van der Waals surface area contributed by atoms with Crippen LogP contribution < -0.4 is 5.14 Å². The highest BCUT2D eigenvalue weighted by Gasteiger charge is 2.34. The SMILES string of the molecule is CCN(C(=O)c1cc(S(N)(=O)=O)c(Br)o1)C1CC1. The summed E-state index contributed by atoms with van der Waals surface area (Å²) < 4.78 is 27.6. The second-order valence-corrected chi connectivity index (χ2v) is 6.37. The van der Waals surface area contributed by atoms with Gasteiger partial charge in [-0.25, -0.2) is 13.6 Å². The first kappa shape index (κ1) is 13.6. The zero-order valence-corrected chi connectivity index (χ0v) is 12.1. The summed E-state index contributed by atoms with van der Waals surface area (Å²) >= 11 is 2.95. The van der Waals surface area contributed by atoms with Crippen molar-refractivity contribution in [2.75, 3.05) is 6.54 Å². The monoisotopic (exact) mass is 336 g/mol. The Hall–Kier alpha value is -0.860. The molecule has 1 heterocycles. The molecule has 0 unspecified atom stereocenters. The number of carbonyl (C=O) groups excluding carboxylic acids is 1. The summed E-state index contributed by atoms with van der Waals surface area (Å²) in [6.07, 6.45) is 1.95. The Morgan fingerprint density at radius 1 is 1.61 bits per heavy atom. The lowest BCUT2D eigenvalue weighted by molar-refractivity contribution is 0.0719. The van der Waals surface area contributed by atoms with E-state index in [2.05, 4.69) is 15.9 Å². The molecule has 100 valence electrons. The lowest BCUT2D eigenvalue weighted by Crippen LogP contribution is -2.32. The molecule has 1 aromatic rings. The number of primary sulfonamides is 1. The van der Waals surface area contributed by atoms with E-state index in [1.54, 1.807) is 4.90 Å². The molecular formula is C10H13BrN2O4S. The van der Waals surface area contributed by atoms with Gasteiger partial charge < -0.3 is 9.32 Å². The van der Waals surface area contributed by atoms with Crippen LogP contribution in [0.1, 0.15) is 30.3 Å². The Morgan fingerprint density at radius 2 is 2.22 bits per heavy atom. The average molecular weight is 337 g/mol. The van der Waals surface area contributed by atoms with Gasteiger partial charge in [0.15, 0.2) is 10.4 Å². The molecule has 0 aromatic carbocycles. The maximum atomic E-state index is 12.1. The Bertz CT molecular complexity index is 577. The summed E-state index contributed by atoms with van der Waals surface area (Å²) in [5.41, 5.74) is 0. The number of hydrogen-bond donors (Lipinski definition) is 1. The minimum absolute atomic E-state index is 0.0142. The minimum Gasteiger partial charge on any atom is -0.443 e. The lowest BCUT2D eigenvalue weighted by atomic mass is 10.3. The highest BCUT2D eigenvalue weighted by atomic mass is 79.9. The second-order valence-electron chi connectivity index (χ2n) is 4.12. The maximum Gasteiger partial charge on any atom is 0.289 e. The van der Waals surface area contributed by atoms with E-state index in [9.17, 15) is 13.2 Å². The lowest BCUT2D eigenvalue weighted by Gasteiger charge is -2.18. The number of furan rings is 1. The molecule has 0 saturated heterocycles. The Balaban J connectivity index is 2.31. The van der Waals surface area contributed by atoms with Crippen molar-refractivity contribution in [3.05, 3.63) is 16.5 Å². The standard InChI is InChI=1S/C10H13BrN2O4S/c1-2-13(6-3-4-6)10(14)7-5-8(9(11)17-7)18(12,15)16/h5-6H,2-4H2,1H3,(H2,12,15,16). The predicted octanol–water partition coefficient (Wildman–Crippen LogP) is 1.31. The molecule has 0 atom stereocenters. The molecule has 1 aromatic heterocycles. The zero-order valence-electron chi connectivity index (χ0n) is 9.72. The van der Waals surface area contributed by atoms with E-state index < -0.39 is 10.0 Å². The Labute approximate surface area is 113 Å². The normalized spacial score (nSPS) is 15.7. The van der Waals surface area contributed by atoms with E-state index in [4.69, 9.17) is 9.56 Å². The van der Waals surface area contributed by atoms with Crippen LogP contribution >= 0.6 is 15.9 Å². The van der Waals surface area contributed by atoms with E-state index in [0.717, 1.165) is 18.9 Å². The van der Waals surface area contributed by atoms with Crippen molar-refractivity contribution < 1.29 is 17.6 Å². The van der Waals surface area contributed by atoms with Gasteiger partial charge in [-0.05, 0) is 35.7 Å². The number of amides is 1. The van der Waals surface area contributed by atoms with Crippen molar-refractivity contribution >= 4 is 31.9 Å². The number of nitrogens with zero attached hydrogens (tertiary/aromatic N) is 1. The van der Waals surface area contributed by atoms with Crippen LogP contribution in [0, 0.1) is 0 Å². The quantitative estimate of drug-likeness (QED) is 0.896. The molecule has 1 saturated carbocycles. The summed E-state index contributed by atoms with van der Waals surface area (Å²) in [6.45, 7) is 2.43. The molecule has 0 spiro atoms. The van der Waals surface area contributed by atoms with Crippen LogP contribution in [0.15, 0.2) is 20.0 Å².